The van der Waals surface area contributed by atoms with Crippen molar-refractivity contribution in [3.05, 3.63) is 16.4 Å². The third-order valence-corrected chi connectivity index (χ3v) is 4.91. The summed E-state index contributed by atoms with van der Waals surface area (Å²) < 4.78 is 2.65. The van der Waals surface area contributed by atoms with Crippen molar-refractivity contribution >= 4 is 21.7 Å². The van der Waals surface area contributed by atoms with Gasteiger partial charge in [0.1, 0.15) is 5.69 Å². The van der Waals surface area contributed by atoms with Gasteiger partial charge in [-0.15, -0.1) is 0 Å². The van der Waals surface area contributed by atoms with Crippen LogP contribution in [0.5, 0.6) is 0 Å². The highest BCUT2D eigenvalue weighted by atomic mass is 79.9. The third kappa shape index (κ3) is 3.31. The Morgan fingerprint density at radius 3 is 2.75 bits per heavy atom. The predicted molar refractivity (Wildman–Crippen MR) is 84.0 cm³/mol. The van der Waals surface area contributed by atoms with E-state index in [1.807, 2.05) is 11.7 Å². The average molecular weight is 342 g/mol. The van der Waals surface area contributed by atoms with E-state index >= 15 is 0 Å². The number of aryl methyl sites for hydroxylation is 1. The first-order chi connectivity index (χ1) is 9.62. The molecule has 0 amide bonds. The molecule has 1 aromatic heterocycles. The molecule has 1 aliphatic rings. The third-order valence-electron chi connectivity index (χ3n) is 4.33. The number of aromatic nitrogens is 2. The summed E-state index contributed by atoms with van der Waals surface area (Å²) in [4.78, 5) is 12.7. The molecule has 1 N–H and O–H groups in total. The summed E-state index contributed by atoms with van der Waals surface area (Å²) in [6, 6.07) is 0. The van der Waals surface area contributed by atoms with Crippen LogP contribution < -0.4 is 5.32 Å². The Labute approximate surface area is 129 Å². The monoisotopic (exact) mass is 341 g/mol. The van der Waals surface area contributed by atoms with Gasteiger partial charge >= 0.3 is 0 Å². The smallest absolute Gasteiger partial charge is 0.183 e. The molecule has 0 radical (unpaired) electrons. The lowest BCUT2D eigenvalue weighted by Gasteiger charge is -2.36. The van der Waals surface area contributed by atoms with Crippen LogP contribution in [0.4, 0.5) is 0 Å². The van der Waals surface area contributed by atoms with Crippen molar-refractivity contribution in [3.8, 4) is 0 Å². The SMILES string of the molecule is CCCn1ncc(Br)c1C(=O)CC1(NC)CCCCC1. The van der Waals surface area contributed by atoms with E-state index in [0.29, 0.717) is 6.42 Å². The first kappa shape index (κ1) is 15.7. The van der Waals surface area contributed by atoms with Crippen molar-refractivity contribution in [3.63, 3.8) is 0 Å². The van der Waals surface area contributed by atoms with Crippen LogP contribution in [0.2, 0.25) is 0 Å². The summed E-state index contributed by atoms with van der Waals surface area (Å²) in [5, 5.41) is 7.71. The molecule has 0 unspecified atom stereocenters. The second-order valence-corrected chi connectivity index (χ2v) is 6.61. The summed E-state index contributed by atoms with van der Waals surface area (Å²) in [6.45, 7) is 2.89. The number of hydrogen-bond donors (Lipinski definition) is 1. The number of nitrogens with zero attached hydrogens (tertiary/aromatic N) is 2. The molecule has 0 bridgehead atoms. The van der Waals surface area contributed by atoms with Gasteiger partial charge in [0.2, 0.25) is 0 Å². The Morgan fingerprint density at radius 1 is 1.45 bits per heavy atom. The van der Waals surface area contributed by atoms with E-state index < -0.39 is 0 Å². The molecule has 1 aliphatic carbocycles. The second kappa shape index (κ2) is 6.85. The fourth-order valence-corrected chi connectivity index (χ4v) is 3.67. The van der Waals surface area contributed by atoms with E-state index in [4.69, 9.17) is 0 Å². The van der Waals surface area contributed by atoms with Crippen molar-refractivity contribution < 1.29 is 4.79 Å². The molecule has 0 spiro atoms. The highest BCUT2D eigenvalue weighted by Gasteiger charge is 2.34. The van der Waals surface area contributed by atoms with E-state index in [-0.39, 0.29) is 11.3 Å². The van der Waals surface area contributed by atoms with Crippen molar-refractivity contribution in [2.45, 2.75) is 64.0 Å². The van der Waals surface area contributed by atoms with Gasteiger partial charge in [-0.1, -0.05) is 26.2 Å². The van der Waals surface area contributed by atoms with Gasteiger partial charge in [-0.2, -0.15) is 5.10 Å². The minimum absolute atomic E-state index is 0.0178. The Kier molecular flexibility index (Phi) is 5.38. The van der Waals surface area contributed by atoms with Crippen LogP contribution in [0.1, 0.15) is 62.4 Å². The van der Waals surface area contributed by atoms with Gasteiger partial charge in [0.25, 0.3) is 0 Å². The van der Waals surface area contributed by atoms with Gasteiger partial charge in [0, 0.05) is 18.5 Å². The minimum Gasteiger partial charge on any atom is -0.314 e. The van der Waals surface area contributed by atoms with Crippen LogP contribution in [-0.4, -0.2) is 28.2 Å². The molecular formula is C15H24BrN3O. The maximum atomic E-state index is 12.7. The zero-order valence-electron chi connectivity index (χ0n) is 12.4. The fourth-order valence-electron chi connectivity index (χ4n) is 3.16. The number of carbonyl (C=O) groups is 1. The number of rotatable bonds is 6. The molecule has 1 aromatic rings. The zero-order valence-corrected chi connectivity index (χ0v) is 14.0. The minimum atomic E-state index is -0.0178. The quantitative estimate of drug-likeness (QED) is 0.805. The summed E-state index contributed by atoms with van der Waals surface area (Å²) in [5.74, 6) is 0.194. The summed E-state index contributed by atoms with van der Waals surface area (Å²) in [7, 11) is 1.98. The molecular weight excluding hydrogens is 318 g/mol. The summed E-state index contributed by atoms with van der Waals surface area (Å²) in [5.41, 5.74) is 0.711. The number of Topliss-reactive ketones (excluding diaryl/α,β-unsaturated/α-hetero) is 1. The molecule has 5 heteroatoms. The topological polar surface area (TPSA) is 46.9 Å². The van der Waals surface area contributed by atoms with Gasteiger partial charge in [-0.25, -0.2) is 0 Å². The Bertz CT molecular complexity index is 464. The Morgan fingerprint density at radius 2 is 2.15 bits per heavy atom. The molecule has 0 saturated heterocycles. The van der Waals surface area contributed by atoms with E-state index in [9.17, 15) is 4.79 Å². The van der Waals surface area contributed by atoms with E-state index in [1.165, 1.54) is 19.3 Å². The van der Waals surface area contributed by atoms with Crippen LogP contribution in [0.3, 0.4) is 0 Å². The number of halogens is 1. The molecule has 0 aromatic carbocycles. The summed E-state index contributed by atoms with van der Waals surface area (Å²) in [6.07, 6.45) is 9.17. The number of hydrogen-bond acceptors (Lipinski definition) is 3. The van der Waals surface area contributed by atoms with Crippen molar-refractivity contribution in [1.82, 2.24) is 15.1 Å². The van der Waals surface area contributed by atoms with Crippen LogP contribution >= 0.6 is 15.9 Å². The van der Waals surface area contributed by atoms with Crippen LogP contribution in [0.15, 0.2) is 10.7 Å². The maximum Gasteiger partial charge on any atom is 0.183 e. The van der Waals surface area contributed by atoms with Gasteiger partial charge in [-0.05, 0) is 42.2 Å². The molecule has 20 heavy (non-hydrogen) atoms. The lowest BCUT2D eigenvalue weighted by Crippen LogP contribution is -2.46. The molecule has 1 fully saturated rings. The van der Waals surface area contributed by atoms with Gasteiger partial charge < -0.3 is 5.32 Å². The number of carbonyl (C=O) groups excluding carboxylic acids is 1. The van der Waals surface area contributed by atoms with Crippen LogP contribution in [0, 0.1) is 0 Å². The molecule has 1 saturated carbocycles. The molecule has 1 heterocycles. The van der Waals surface area contributed by atoms with Crippen LogP contribution in [0.25, 0.3) is 0 Å². The van der Waals surface area contributed by atoms with Crippen molar-refractivity contribution in [2.24, 2.45) is 0 Å². The highest BCUT2D eigenvalue weighted by Crippen LogP contribution is 2.32. The standard InChI is InChI=1S/C15H24BrN3O/c1-3-9-19-14(12(16)11-18-19)13(20)10-15(17-2)7-5-4-6-8-15/h11,17H,3-10H2,1-2H3. The predicted octanol–water partition coefficient (Wildman–Crippen LogP) is 3.55. The first-order valence-corrected chi connectivity index (χ1v) is 8.34. The molecule has 2 rings (SSSR count). The maximum absolute atomic E-state index is 12.7. The van der Waals surface area contributed by atoms with Gasteiger partial charge in [-0.3, -0.25) is 9.48 Å². The molecule has 0 atom stereocenters. The van der Waals surface area contributed by atoms with Gasteiger partial charge in [0.15, 0.2) is 5.78 Å². The van der Waals surface area contributed by atoms with Gasteiger partial charge in [0.05, 0.1) is 10.7 Å². The largest absolute Gasteiger partial charge is 0.314 e. The fraction of sp³-hybridized carbons (Fsp3) is 0.733. The lowest BCUT2D eigenvalue weighted by atomic mass is 9.78. The number of nitrogens with one attached hydrogen (secondary N) is 1. The number of ketones is 1. The highest BCUT2D eigenvalue weighted by molar-refractivity contribution is 9.10. The Hall–Kier alpha value is -0.680. The van der Waals surface area contributed by atoms with Crippen molar-refractivity contribution in [2.75, 3.05) is 7.05 Å². The molecule has 0 aliphatic heterocycles. The second-order valence-electron chi connectivity index (χ2n) is 5.76. The lowest BCUT2D eigenvalue weighted by molar-refractivity contribution is 0.0903. The van der Waals surface area contributed by atoms with Crippen LogP contribution in [-0.2, 0) is 6.54 Å². The van der Waals surface area contributed by atoms with Crippen molar-refractivity contribution in [1.29, 1.82) is 0 Å². The normalized spacial score (nSPS) is 18.1. The molecule has 112 valence electrons. The van der Waals surface area contributed by atoms with E-state index in [2.05, 4.69) is 33.3 Å². The van der Waals surface area contributed by atoms with E-state index in [0.717, 1.165) is 36.0 Å². The average Bonchev–Trinajstić information content (AvgIpc) is 2.81. The Balaban J connectivity index is 2.16. The summed E-state index contributed by atoms with van der Waals surface area (Å²) >= 11 is 3.47. The molecule has 4 nitrogen and oxygen atoms in total. The zero-order chi connectivity index (χ0) is 14.6. The first-order valence-electron chi connectivity index (χ1n) is 7.55. The van der Waals surface area contributed by atoms with E-state index in [1.54, 1.807) is 6.20 Å².